The molecular formula is C14H14ClN3O. The van der Waals surface area contributed by atoms with Gasteiger partial charge in [-0.2, -0.15) is 5.26 Å². The molecule has 0 saturated carbocycles. The minimum atomic E-state index is -0.392. The summed E-state index contributed by atoms with van der Waals surface area (Å²) in [6, 6.07) is 8.96. The van der Waals surface area contributed by atoms with Gasteiger partial charge < -0.3 is 10.2 Å². The summed E-state index contributed by atoms with van der Waals surface area (Å²) in [5.74, 6) is -0.136. The zero-order valence-electron chi connectivity index (χ0n) is 10.3. The van der Waals surface area contributed by atoms with Crippen molar-refractivity contribution in [3.05, 3.63) is 40.9 Å². The van der Waals surface area contributed by atoms with Crippen LogP contribution in [0.3, 0.4) is 0 Å². The number of nitriles is 1. The number of halogens is 1. The molecule has 1 aliphatic rings. The van der Waals surface area contributed by atoms with Gasteiger partial charge in [-0.15, -0.1) is 0 Å². The fraction of sp³-hybridized carbons (Fsp3) is 0.286. The molecule has 1 heterocycles. The molecule has 19 heavy (non-hydrogen) atoms. The van der Waals surface area contributed by atoms with Gasteiger partial charge in [-0.3, -0.25) is 4.79 Å². The van der Waals surface area contributed by atoms with Gasteiger partial charge in [0.05, 0.1) is 6.07 Å². The molecule has 1 amide bonds. The summed E-state index contributed by atoms with van der Waals surface area (Å²) in [6.45, 7) is 1.80. The van der Waals surface area contributed by atoms with Gasteiger partial charge in [-0.05, 0) is 23.8 Å². The number of rotatable bonds is 2. The molecular weight excluding hydrogens is 262 g/mol. The van der Waals surface area contributed by atoms with Crippen molar-refractivity contribution in [2.45, 2.75) is 6.04 Å². The van der Waals surface area contributed by atoms with E-state index in [1.165, 1.54) is 6.08 Å². The normalized spacial score (nSPS) is 19.4. The highest BCUT2D eigenvalue weighted by atomic mass is 35.5. The maximum atomic E-state index is 12.0. The van der Waals surface area contributed by atoms with Crippen LogP contribution in [0.25, 0.3) is 6.08 Å². The lowest BCUT2D eigenvalue weighted by Gasteiger charge is -2.31. The van der Waals surface area contributed by atoms with Crippen molar-refractivity contribution in [1.82, 2.24) is 10.2 Å². The molecule has 1 unspecified atom stereocenters. The van der Waals surface area contributed by atoms with E-state index >= 15 is 0 Å². The summed E-state index contributed by atoms with van der Waals surface area (Å²) in [5.41, 5.74) is 0.904. The van der Waals surface area contributed by atoms with Crippen molar-refractivity contribution in [2.24, 2.45) is 0 Å². The standard InChI is InChI=1S/C14H14ClN3O/c15-12-4-1-11(2-5-12)3-6-14(19)18-8-7-17-10-13(18)9-16/h1-6,13,17H,7-8,10H2. The van der Waals surface area contributed by atoms with Crippen molar-refractivity contribution in [3.8, 4) is 6.07 Å². The topological polar surface area (TPSA) is 56.1 Å². The smallest absolute Gasteiger partial charge is 0.247 e. The first-order valence-electron chi connectivity index (χ1n) is 6.05. The summed E-state index contributed by atoms with van der Waals surface area (Å²) >= 11 is 5.79. The van der Waals surface area contributed by atoms with Crippen LogP contribution in [0, 0.1) is 11.3 Å². The quantitative estimate of drug-likeness (QED) is 0.836. The highest BCUT2D eigenvalue weighted by Crippen LogP contribution is 2.11. The zero-order valence-corrected chi connectivity index (χ0v) is 11.1. The van der Waals surface area contributed by atoms with Crippen molar-refractivity contribution in [2.75, 3.05) is 19.6 Å². The van der Waals surface area contributed by atoms with Gasteiger partial charge in [-0.25, -0.2) is 0 Å². The first-order chi connectivity index (χ1) is 9.20. The van der Waals surface area contributed by atoms with E-state index in [1.54, 1.807) is 23.1 Å². The van der Waals surface area contributed by atoms with Crippen molar-refractivity contribution in [3.63, 3.8) is 0 Å². The Kier molecular flexibility index (Phi) is 4.56. The first-order valence-corrected chi connectivity index (χ1v) is 6.43. The molecule has 1 aromatic carbocycles. The molecule has 1 aromatic rings. The van der Waals surface area contributed by atoms with Gasteiger partial charge in [0.2, 0.25) is 5.91 Å². The molecule has 0 radical (unpaired) electrons. The lowest BCUT2D eigenvalue weighted by Crippen LogP contribution is -2.52. The van der Waals surface area contributed by atoms with Gasteiger partial charge in [0.1, 0.15) is 6.04 Å². The van der Waals surface area contributed by atoms with E-state index in [2.05, 4.69) is 11.4 Å². The molecule has 0 aliphatic carbocycles. The third-order valence-corrected chi connectivity index (χ3v) is 3.22. The number of carbonyl (C=O) groups is 1. The van der Waals surface area contributed by atoms with Gasteiger partial charge in [0.15, 0.2) is 0 Å². The van der Waals surface area contributed by atoms with Crippen LogP contribution in [0.1, 0.15) is 5.56 Å². The van der Waals surface area contributed by atoms with Gasteiger partial charge in [0, 0.05) is 30.7 Å². The summed E-state index contributed by atoms with van der Waals surface area (Å²) < 4.78 is 0. The van der Waals surface area contributed by atoms with Crippen LogP contribution in [0.2, 0.25) is 5.02 Å². The number of nitrogens with one attached hydrogen (secondary N) is 1. The molecule has 0 aromatic heterocycles. The maximum absolute atomic E-state index is 12.0. The third-order valence-electron chi connectivity index (χ3n) is 2.96. The van der Waals surface area contributed by atoms with Crippen LogP contribution < -0.4 is 5.32 Å². The fourth-order valence-corrected chi connectivity index (χ4v) is 2.05. The Balaban J connectivity index is 2.03. The summed E-state index contributed by atoms with van der Waals surface area (Å²) in [7, 11) is 0. The Morgan fingerprint density at radius 1 is 1.47 bits per heavy atom. The number of hydrogen-bond donors (Lipinski definition) is 1. The van der Waals surface area contributed by atoms with E-state index in [1.807, 2.05) is 12.1 Å². The summed E-state index contributed by atoms with van der Waals surface area (Å²) in [6.07, 6.45) is 3.23. The van der Waals surface area contributed by atoms with Crippen LogP contribution in [-0.2, 0) is 4.79 Å². The second-order valence-corrected chi connectivity index (χ2v) is 4.70. The molecule has 1 N–H and O–H groups in total. The van der Waals surface area contributed by atoms with Crippen LogP contribution in [0.15, 0.2) is 30.3 Å². The molecule has 1 saturated heterocycles. The van der Waals surface area contributed by atoms with Gasteiger partial charge >= 0.3 is 0 Å². The van der Waals surface area contributed by atoms with Crippen LogP contribution >= 0.6 is 11.6 Å². The van der Waals surface area contributed by atoms with E-state index in [-0.39, 0.29) is 5.91 Å². The average Bonchev–Trinajstić information content (AvgIpc) is 2.46. The number of amides is 1. The molecule has 2 rings (SSSR count). The Labute approximate surface area is 117 Å². The lowest BCUT2D eigenvalue weighted by atomic mass is 10.2. The number of benzene rings is 1. The third kappa shape index (κ3) is 3.57. The number of nitrogens with zero attached hydrogens (tertiary/aromatic N) is 2. The SMILES string of the molecule is N#CC1CNCCN1C(=O)C=Cc1ccc(Cl)cc1. The molecule has 1 fully saturated rings. The largest absolute Gasteiger partial charge is 0.321 e. The molecule has 98 valence electrons. The Bertz CT molecular complexity index is 518. The Hall–Kier alpha value is -1.83. The Morgan fingerprint density at radius 3 is 2.89 bits per heavy atom. The van der Waals surface area contributed by atoms with E-state index in [0.29, 0.717) is 18.1 Å². The van der Waals surface area contributed by atoms with E-state index in [4.69, 9.17) is 16.9 Å². The minimum absolute atomic E-state index is 0.136. The molecule has 1 atom stereocenters. The number of piperazine rings is 1. The fourth-order valence-electron chi connectivity index (χ4n) is 1.92. The van der Waals surface area contributed by atoms with E-state index < -0.39 is 6.04 Å². The first kappa shape index (κ1) is 13.6. The molecule has 5 heteroatoms. The van der Waals surface area contributed by atoms with Crippen LogP contribution in [0.4, 0.5) is 0 Å². The molecule has 4 nitrogen and oxygen atoms in total. The van der Waals surface area contributed by atoms with Crippen molar-refractivity contribution >= 4 is 23.6 Å². The van der Waals surface area contributed by atoms with Crippen LogP contribution in [-0.4, -0.2) is 36.5 Å². The summed E-state index contributed by atoms with van der Waals surface area (Å²) in [5, 5.41) is 12.8. The Morgan fingerprint density at radius 2 is 2.21 bits per heavy atom. The highest BCUT2D eigenvalue weighted by molar-refractivity contribution is 6.30. The average molecular weight is 276 g/mol. The van der Waals surface area contributed by atoms with E-state index in [9.17, 15) is 4.79 Å². The predicted molar refractivity (Wildman–Crippen MR) is 74.5 cm³/mol. The predicted octanol–water partition coefficient (Wildman–Crippen LogP) is 1.68. The maximum Gasteiger partial charge on any atom is 0.247 e. The highest BCUT2D eigenvalue weighted by Gasteiger charge is 2.24. The van der Waals surface area contributed by atoms with Crippen LogP contribution in [0.5, 0.6) is 0 Å². The molecule has 0 bridgehead atoms. The van der Waals surface area contributed by atoms with Gasteiger partial charge in [-0.1, -0.05) is 23.7 Å². The van der Waals surface area contributed by atoms with Crippen molar-refractivity contribution in [1.29, 1.82) is 5.26 Å². The van der Waals surface area contributed by atoms with Gasteiger partial charge in [0.25, 0.3) is 0 Å². The summed E-state index contributed by atoms with van der Waals surface area (Å²) in [4.78, 5) is 13.6. The lowest BCUT2D eigenvalue weighted by molar-refractivity contribution is -0.127. The van der Waals surface area contributed by atoms with Crippen molar-refractivity contribution < 1.29 is 4.79 Å². The number of carbonyl (C=O) groups excluding carboxylic acids is 1. The zero-order chi connectivity index (χ0) is 13.7. The monoisotopic (exact) mass is 275 g/mol. The minimum Gasteiger partial charge on any atom is -0.321 e. The second kappa shape index (κ2) is 6.37. The second-order valence-electron chi connectivity index (χ2n) is 4.27. The molecule has 0 spiro atoms. The molecule has 1 aliphatic heterocycles. The van der Waals surface area contributed by atoms with E-state index in [0.717, 1.165) is 12.1 Å². The number of hydrogen-bond acceptors (Lipinski definition) is 3.